The molecule has 1 aliphatic rings. The van der Waals surface area contributed by atoms with E-state index in [0.29, 0.717) is 6.54 Å². The number of hydrogen-bond donors (Lipinski definition) is 2. The summed E-state index contributed by atoms with van der Waals surface area (Å²) in [5.41, 5.74) is 2.80. The van der Waals surface area contributed by atoms with Crippen molar-refractivity contribution in [2.75, 3.05) is 13.1 Å². The van der Waals surface area contributed by atoms with Gasteiger partial charge in [-0.3, -0.25) is 9.69 Å². The van der Waals surface area contributed by atoms with E-state index in [1.807, 2.05) is 0 Å². The third-order valence-electron chi connectivity index (χ3n) is 3.75. The van der Waals surface area contributed by atoms with Gasteiger partial charge in [-0.25, -0.2) is 0 Å². The minimum atomic E-state index is -0.366. The Morgan fingerprint density at radius 1 is 1.50 bits per heavy atom. The third-order valence-corrected chi connectivity index (χ3v) is 3.75. The predicted molar refractivity (Wildman–Crippen MR) is 77.9 cm³/mol. The van der Waals surface area contributed by atoms with Gasteiger partial charge in [-0.05, 0) is 37.4 Å². The maximum absolute atomic E-state index is 11.3. The first-order valence-corrected chi connectivity index (χ1v) is 6.97. The fourth-order valence-electron chi connectivity index (χ4n) is 2.58. The van der Waals surface area contributed by atoms with Crippen molar-refractivity contribution in [1.29, 1.82) is 0 Å². The average molecular weight is 275 g/mol. The molecule has 1 heterocycles. The highest BCUT2D eigenvalue weighted by Gasteiger charge is 2.18. The van der Waals surface area contributed by atoms with E-state index in [2.05, 4.69) is 46.6 Å². The summed E-state index contributed by atoms with van der Waals surface area (Å²) in [5, 5.41) is 13.8. The standard InChI is InChI=1S/C15H21N3O2/c1-12(9-16-15(19)10-17-20)18-8-4-7-13-5-2-3-6-14(13)11-18/h2-3,5-6,10,12,20H,4,7-9,11H2,1H3,(H,16,19)/b17-10+/t12-/m1/s1. The highest BCUT2D eigenvalue weighted by molar-refractivity contribution is 6.25. The maximum atomic E-state index is 11.3. The highest BCUT2D eigenvalue weighted by Crippen LogP contribution is 2.19. The Labute approximate surface area is 119 Å². The van der Waals surface area contributed by atoms with Gasteiger partial charge in [0.25, 0.3) is 5.91 Å². The highest BCUT2D eigenvalue weighted by atomic mass is 16.4. The molecule has 0 fully saturated rings. The van der Waals surface area contributed by atoms with Crippen LogP contribution in [0.2, 0.25) is 0 Å². The number of carbonyl (C=O) groups excluding carboxylic acids is 1. The van der Waals surface area contributed by atoms with Gasteiger partial charge in [-0.2, -0.15) is 0 Å². The fraction of sp³-hybridized carbons (Fsp3) is 0.467. The number of oxime groups is 1. The summed E-state index contributed by atoms with van der Waals surface area (Å²) in [7, 11) is 0. The largest absolute Gasteiger partial charge is 0.411 e. The van der Waals surface area contributed by atoms with Crippen molar-refractivity contribution in [1.82, 2.24) is 10.2 Å². The van der Waals surface area contributed by atoms with Gasteiger partial charge in [-0.1, -0.05) is 29.4 Å². The minimum Gasteiger partial charge on any atom is -0.411 e. The minimum absolute atomic E-state index is 0.247. The van der Waals surface area contributed by atoms with Gasteiger partial charge < -0.3 is 10.5 Å². The first-order valence-electron chi connectivity index (χ1n) is 6.97. The molecule has 1 aromatic carbocycles. The molecule has 0 aliphatic carbocycles. The van der Waals surface area contributed by atoms with Gasteiger partial charge in [0.2, 0.25) is 0 Å². The molecule has 1 aliphatic heterocycles. The van der Waals surface area contributed by atoms with E-state index in [0.717, 1.165) is 32.1 Å². The van der Waals surface area contributed by atoms with E-state index >= 15 is 0 Å². The van der Waals surface area contributed by atoms with Crippen LogP contribution in [0.25, 0.3) is 0 Å². The molecule has 1 aromatic rings. The lowest BCUT2D eigenvalue weighted by atomic mass is 10.0. The van der Waals surface area contributed by atoms with Crippen molar-refractivity contribution in [2.24, 2.45) is 5.16 Å². The van der Waals surface area contributed by atoms with Crippen LogP contribution in [-0.4, -0.2) is 41.4 Å². The van der Waals surface area contributed by atoms with Gasteiger partial charge in [-0.15, -0.1) is 0 Å². The van der Waals surface area contributed by atoms with Gasteiger partial charge in [0.1, 0.15) is 6.21 Å². The molecule has 0 radical (unpaired) electrons. The number of rotatable bonds is 4. The molecule has 5 nitrogen and oxygen atoms in total. The van der Waals surface area contributed by atoms with Gasteiger partial charge >= 0.3 is 0 Å². The smallest absolute Gasteiger partial charge is 0.265 e. The molecular weight excluding hydrogens is 254 g/mol. The SMILES string of the molecule is C[C@H](CNC(=O)/C=N/O)N1CCCc2ccccc2C1. The lowest BCUT2D eigenvalue weighted by Gasteiger charge is -2.27. The van der Waals surface area contributed by atoms with Crippen molar-refractivity contribution in [3.05, 3.63) is 35.4 Å². The third kappa shape index (κ3) is 3.81. The van der Waals surface area contributed by atoms with E-state index in [-0.39, 0.29) is 11.9 Å². The maximum Gasteiger partial charge on any atom is 0.265 e. The second-order valence-corrected chi connectivity index (χ2v) is 5.18. The lowest BCUT2D eigenvalue weighted by molar-refractivity contribution is -0.114. The van der Waals surface area contributed by atoms with Crippen LogP contribution in [0.5, 0.6) is 0 Å². The number of carbonyl (C=O) groups is 1. The summed E-state index contributed by atoms with van der Waals surface area (Å²) in [4.78, 5) is 13.6. The second kappa shape index (κ2) is 7.05. The number of nitrogens with one attached hydrogen (secondary N) is 1. The molecule has 108 valence electrons. The molecule has 0 aromatic heterocycles. The molecule has 0 spiro atoms. The number of aryl methyl sites for hydroxylation is 1. The molecular formula is C15H21N3O2. The molecule has 5 heteroatoms. The Morgan fingerprint density at radius 2 is 2.25 bits per heavy atom. The predicted octanol–water partition coefficient (Wildman–Crippen LogP) is 1.40. The van der Waals surface area contributed by atoms with Crippen molar-refractivity contribution in [3.63, 3.8) is 0 Å². The number of amides is 1. The molecule has 2 rings (SSSR count). The van der Waals surface area contributed by atoms with Crippen molar-refractivity contribution < 1.29 is 10.0 Å². The van der Waals surface area contributed by atoms with Crippen LogP contribution in [0.4, 0.5) is 0 Å². The first-order chi connectivity index (χ1) is 9.70. The zero-order valence-electron chi connectivity index (χ0n) is 11.7. The van der Waals surface area contributed by atoms with Crippen LogP contribution in [-0.2, 0) is 17.8 Å². The summed E-state index contributed by atoms with van der Waals surface area (Å²) < 4.78 is 0. The van der Waals surface area contributed by atoms with Crippen LogP contribution < -0.4 is 5.32 Å². The van der Waals surface area contributed by atoms with Gasteiger partial charge in [0, 0.05) is 19.1 Å². The molecule has 0 saturated carbocycles. The number of benzene rings is 1. The first kappa shape index (κ1) is 14.5. The average Bonchev–Trinajstić information content (AvgIpc) is 2.67. The Morgan fingerprint density at radius 3 is 3.00 bits per heavy atom. The van der Waals surface area contributed by atoms with Crippen LogP contribution >= 0.6 is 0 Å². The van der Waals surface area contributed by atoms with Crippen LogP contribution in [0.15, 0.2) is 29.4 Å². The van der Waals surface area contributed by atoms with Crippen molar-refractivity contribution in [3.8, 4) is 0 Å². The Kier molecular flexibility index (Phi) is 5.12. The summed E-state index contributed by atoms with van der Waals surface area (Å²) >= 11 is 0. The summed E-state index contributed by atoms with van der Waals surface area (Å²) in [6.45, 7) is 4.60. The summed E-state index contributed by atoms with van der Waals surface area (Å²) in [5.74, 6) is -0.366. The number of fused-ring (bicyclic) bond motifs is 1. The zero-order chi connectivity index (χ0) is 14.4. The second-order valence-electron chi connectivity index (χ2n) is 5.18. The Balaban J connectivity index is 1.94. The normalized spacial score (nSPS) is 17.4. The van der Waals surface area contributed by atoms with Gasteiger partial charge in [0.05, 0.1) is 0 Å². The molecule has 2 N–H and O–H groups in total. The molecule has 0 unspecified atom stereocenters. The zero-order valence-corrected chi connectivity index (χ0v) is 11.7. The topological polar surface area (TPSA) is 64.9 Å². The molecule has 1 atom stereocenters. The fourth-order valence-corrected chi connectivity index (χ4v) is 2.58. The Hall–Kier alpha value is -1.88. The van der Waals surface area contributed by atoms with E-state index in [1.54, 1.807) is 0 Å². The van der Waals surface area contributed by atoms with E-state index in [1.165, 1.54) is 11.1 Å². The number of nitrogens with zero attached hydrogens (tertiary/aromatic N) is 2. The van der Waals surface area contributed by atoms with E-state index < -0.39 is 0 Å². The van der Waals surface area contributed by atoms with E-state index in [4.69, 9.17) is 5.21 Å². The Bertz CT molecular complexity index is 488. The van der Waals surface area contributed by atoms with E-state index in [9.17, 15) is 4.79 Å². The van der Waals surface area contributed by atoms with Crippen LogP contribution in [0.1, 0.15) is 24.5 Å². The number of hydrogen-bond acceptors (Lipinski definition) is 4. The van der Waals surface area contributed by atoms with Crippen molar-refractivity contribution in [2.45, 2.75) is 32.4 Å². The lowest BCUT2D eigenvalue weighted by Crippen LogP contribution is -2.42. The molecule has 0 saturated heterocycles. The van der Waals surface area contributed by atoms with Crippen molar-refractivity contribution >= 4 is 12.1 Å². The molecule has 20 heavy (non-hydrogen) atoms. The quantitative estimate of drug-likeness (QED) is 0.496. The molecule has 1 amide bonds. The van der Waals surface area contributed by atoms with Gasteiger partial charge in [0.15, 0.2) is 0 Å². The summed E-state index contributed by atoms with van der Waals surface area (Å²) in [6.07, 6.45) is 3.13. The van der Waals surface area contributed by atoms with Crippen LogP contribution in [0.3, 0.4) is 0 Å². The monoisotopic (exact) mass is 275 g/mol. The summed E-state index contributed by atoms with van der Waals surface area (Å²) in [6, 6.07) is 8.79. The van der Waals surface area contributed by atoms with Crippen LogP contribution in [0, 0.1) is 0 Å². The molecule has 0 bridgehead atoms.